The number of benzene rings is 1. The van der Waals surface area contributed by atoms with Crippen molar-refractivity contribution in [2.75, 3.05) is 6.61 Å². The summed E-state index contributed by atoms with van der Waals surface area (Å²) < 4.78 is 30.7. The molecule has 0 bridgehead atoms. The first-order valence-corrected chi connectivity index (χ1v) is 6.80. The third kappa shape index (κ3) is 2.32. The zero-order valence-corrected chi connectivity index (χ0v) is 10.2. The number of hydrogen-bond acceptors (Lipinski definition) is 4. The van der Waals surface area contributed by atoms with Crippen molar-refractivity contribution >= 4 is 16.0 Å². The van der Waals surface area contributed by atoms with Gasteiger partial charge in [-0.3, -0.25) is 4.79 Å². The van der Waals surface area contributed by atoms with Crippen molar-refractivity contribution in [2.45, 2.75) is 24.3 Å². The summed E-state index contributed by atoms with van der Waals surface area (Å²) in [6, 6.07) is 6.12. The summed E-state index contributed by atoms with van der Waals surface area (Å²) in [5.74, 6) is -0.406. The predicted octanol–water partition coefficient (Wildman–Crippen LogP) is 0.973. The minimum absolute atomic E-state index is 0.0179. The van der Waals surface area contributed by atoms with Crippen molar-refractivity contribution in [1.29, 1.82) is 0 Å². The summed E-state index contributed by atoms with van der Waals surface area (Å²) >= 11 is 0. The molecule has 0 saturated heterocycles. The van der Waals surface area contributed by atoms with Crippen LogP contribution in [0.4, 0.5) is 0 Å². The van der Waals surface area contributed by atoms with E-state index in [1.165, 1.54) is 6.07 Å². The van der Waals surface area contributed by atoms with Crippen molar-refractivity contribution in [1.82, 2.24) is 4.72 Å². The second kappa shape index (κ2) is 4.46. The Labute approximate surface area is 99.8 Å². The molecule has 0 amide bonds. The third-order valence-corrected chi connectivity index (χ3v) is 4.10. The van der Waals surface area contributed by atoms with Crippen molar-refractivity contribution in [3.63, 3.8) is 0 Å². The summed E-state index contributed by atoms with van der Waals surface area (Å²) in [6.45, 7) is 2.00. The average molecular weight is 255 g/mol. The van der Waals surface area contributed by atoms with E-state index >= 15 is 0 Å². The molecule has 0 fully saturated rings. The van der Waals surface area contributed by atoms with Gasteiger partial charge in [0.25, 0.3) is 0 Å². The monoisotopic (exact) mass is 255 g/mol. The Hall–Kier alpha value is -1.40. The van der Waals surface area contributed by atoms with Gasteiger partial charge >= 0.3 is 5.97 Å². The fraction of sp³-hybridized carbons (Fsp3) is 0.364. The number of hydrogen-bond donors (Lipinski definition) is 1. The summed E-state index contributed by atoms with van der Waals surface area (Å²) in [7, 11) is -3.47. The second-order valence-electron chi connectivity index (χ2n) is 3.72. The number of rotatable bonds is 3. The number of sulfonamides is 1. The molecule has 17 heavy (non-hydrogen) atoms. The number of fused-ring (bicyclic) bond motifs is 1. The van der Waals surface area contributed by atoms with Gasteiger partial charge in [-0.2, -0.15) is 0 Å². The number of carbonyl (C=O) groups is 1. The summed E-state index contributed by atoms with van der Waals surface area (Å²) in [4.78, 5) is 11.6. The van der Waals surface area contributed by atoms with Crippen LogP contribution in [0.25, 0.3) is 0 Å². The van der Waals surface area contributed by atoms with Crippen LogP contribution >= 0.6 is 0 Å². The van der Waals surface area contributed by atoms with Crippen LogP contribution in [0.15, 0.2) is 29.2 Å². The maximum absolute atomic E-state index is 11.7. The van der Waals surface area contributed by atoms with Gasteiger partial charge in [0.15, 0.2) is 0 Å². The van der Waals surface area contributed by atoms with Crippen LogP contribution in [0.1, 0.15) is 24.9 Å². The molecule has 2 rings (SSSR count). The molecule has 92 valence electrons. The first kappa shape index (κ1) is 12.1. The van der Waals surface area contributed by atoms with Crippen LogP contribution in [0, 0.1) is 0 Å². The van der Waals surface area contributed by atoms with Crippen molar-refractivity contribution in [2.24, 2.45) is 0 Å². The standard InChI is InChI=1S/C11H13NO4S/c1-2-16-11(13)7-9-8-5-3-4-6-10(8)17(14,15)12-9/h3-6,9,12H,2,7H2,1H3. The van der Waals surface area contributed by atoms with Gasteiger partial charge in [-0.05, 0) is 18.6 Å². The van der Waals surface area contributed by atoms with Crippen LogP contribution in [-0.2, 0) is 19.6 Å². The zero-order valence-electron chi connectivity index (χ0n) is 9.34. The number of esters is 1. The Kier molecular flexibility index (Phi) is 3.17. The Balaban J connectivity index is 2.26. The van der Waals surface area contributed by atoms with Gasteiger partial charge in [-0.1, -0.05) is 18.2 Å². The third-order valence-electron chi connectivity index (χ3n) is 2.56. The fourth-order valence-corrected chi connectivity index (χ4v) is 3.36. The van der Waals surface area contributed by atoms with E-state index in [1.54, 1.807) is 25.1 Å². The van der Waals surface area contributed by atoms with E-state index in [2.05, 4.69) is 4.72 Å². The number of nitrogens with one attached hydrogen (secondary N) is 1. The maximum atomic E-state index is 11.7. The molecule has 0 aromatic heterocycles. The minimum atomic E-state index is -3.47. The van der Waals surface area contributed by atoms with Gasteiger partial charge in [0.05, 0.1) is 24.0 Å². The first-order chi connectivity index (χ1) is 8.04. The predicted molar refractivity (Wildman–Crippen MR) is 60.8 cm³/mol. The normalized spacial score (nSPS) is 20.9. The highest BCUT2D eigenvalue weighted by atomic mass is 32.2. The summed E-state index contributed by atoms with van der Waals surface area (Å²) in [5.41, 5.74) is 0.626. The van der Waals surface area contributed by atoms with E-state index in [0.29, 0.717) is 12.2 Å². The lowest BCUT2D eigenvalue weighted by Crippen LogP contribution is -2.22. The molecule has 0 spiro atoms. The highest BCUT2D eigenvalue weighted by Gasteiger charge is 2.34. The minimum Gasteiger partial charge on any atom is -0.466 e. The second-order valence-corrected chi connectivity index (χ2v) is 5.40. The van der Waals surface area contributed by atoms with Crippen molar-refractivity contribution in [3.05, 3.63) is 29.8 Å². The zero-order chi connectivity index (χ0) is 12.5. The van der Waals surface area contributed by atoms with E-state index in [1.807, 2.05) is 0 Å². The van der Waals surface area contributed by atoms with E-state index in [0.717, 1.165) is 0 Å². The molecule has 1 aliphatic heterocycles. The summed E-state index contributed by atoms with van der Waals surface area (Å²) in [5, 5.41) is 0. The number of ether oxygens (including phenoxy) is 1. The van der Waals surface area contributed by atoms with Crippen LogP contribution in [0.5, 0.6) is 0 Å². The lowest BCUT2D eigenvalue weighted by atomic mass is 10.1. The molecule has 6 heteroatoms. The molecule has 1 atom stereocenters. The number of carbonyl (C=O) groups excluding carboxylic acids is 1. The fourth-order valence-electron chi connectivity index (χ4n) is 1.87. The maximum Gasteiger partial charge on any atom is 0.307 e. The van der Waals surface area contributed by atoms with Crippen LogP contribution in [0.3, 0.4) is 0 Å². The Morgan fingerprint density at radius 2 is 2.12 bits per heavy atom. The smallest absolute Gasteiger partial charge is 0.307 e. The largest absolute Gasteiger partial charge is 0.466 e. The molecule has 1 unspecified atom stereocenters. The topological polar surface area (TPSA) is 72.5 Å². The van der Waals surface area contributed by atoms with E-state index in [4.69, 9.17) is 4.74 Å². The van der Waals surface area contributed by atoms with Gasteiger partial charge in [0.1, 0.15) is 0 Å². The molecular weight excluding hydrogens is 242 g/mol. The molecule has 0 saturated carbocycles. The van der Waals surface area contributed by atoms with Crippen molar-refractivity contribution < 1.29 is 17.9 Å². The van der Waals surface area contributed by atoms with Crippen LogP contribution in [0.2, 0.25) is 0 Å². The molecule has 1 aliphatic rings. The highest BCUT2D eigenvalue weighted by Crippen LogP contribution is 2.32. The molecule has 0 radical (unpaired) electrons. The van der Waals surface area contributed by atoms with Crippen molar-refractivity contribution in [3.8, 4) is 0 Å². The van der Waals surface area contributed by atoms with Crippen LogP contribution in [-0.4, -0.2) is 21.0 Å². The van der Waals surface area contributed by atoms with E-state index in [-0.39, 0.29) is 11.3 Å². The molecule has 1 aromatic rings. The average Bonchev–Trinajstić information content (AvgIpc) is 2.52. The first-order valence-electron chi connectivity index (χ1n) is 5.31. The lowest BCUT2D eigenvalue weighted by molar-refractivity contribution is -0.143. The summed E-state index contributed by atoms with van der Waals surface area (Å²) in [6.07, 6.45) is 0.0179. The molecule has 1 N–H and O–H groups in total. The Morgan fingerprint density at radius 3 is 2.82 bits per heavy atom. The molecule has 1 heterocycles. The van der Waals surface area contributed by atoms with E-state index < -0.39 is 22.0 Å². The molecule has 0 aliphatic carbocycles. The SMILES string of the molecule is CCOC(=O)CC1NS(=O)(=O)c2ccccc21. The molecule has 1 aromatic carbocycles. The molecule has 5 nitrogen and oxygen atoms in total. The van der Waals surface area contributed by atoms with Gasteiger partial charge in [0.2, 0.25) is 10.0 Å². The molecular formula is C11H13NO4S. The lowest BCUT2D eigenvalue weighted by Gasteiger charge is -2.09. The van der Waals surface area contributed by atoms with Gasteiger partial charge in [0, 0.05) is 0 Å². The quantitative estimate of drug-likeness (QED) is 0.817. The van der Waals surface area contributed by atoms with E-state index in [9.17, 15) is 13.2 Å². The van der Waals surface area contributed by atoms with Gasteiger partial charge in [-0.25, -0.2) is 13.1 Å². The van der Waals surface area contributed by atoms with Gasteiger partial charge in [-0.15, -0.1) is 0 Å². The Bertz CT molecular complexity index is 538. The highest BCUT2D eigenvalue weighted by molar-refractivity contribution is 7.89. The van der Waals surface area contributed by atoms with Crippen LogP contribution < -0.4 is 4.72 Å². The Morgan fingerprint density at radius 1 is 1.41 bits per heavy atom. The van der Waals surface area contributed by atoms with Gasteiger partial charge < -0.3 is 4.74 Å².